The second kappa shape index (κ2) is 9.31. The lowest BCUT2D eigenvalue weighted by Gasteiger charge is -2.41. The fourth-order valence-corrected chi connectivity index (χ4v) is 8.20. The fraction of sp³-hybridized carbons (Fsp3) is 0.286. The number of hydrogen-bond acceptors (Lipinski definition) is 3. The van der Waals surface area contributed by atoms with Crippen molar-refractivity contribution >= 4 is 62.1 Å². The van der Waals surface area contributed by atoms with E-state index in [-0.39, 0.29) is 17.5 Å². The molecule has 0 saturated heterocycles. The molecule has 4 heteroatoms. The third kappa shape index (κ3) is 3.92. The summed E-state index contributed by atoms with van der Waals surface area (Å²) in [6, 6.07) is 29.8. The van der Waals surface area contributed by atoms with Gasteiger partial charge in [-0.3, -0.25) is 0 Å². The van der Waals surface area contributed by atoms with Crippen LogP contribution in [0.4, 0.5) is 17.1 Å². The molecule has 0 fully saturated rings. The van der Waals surface area contributed by atoms with Crippen LogP contribution in [0.3, 0.4) is 0 Å². The second-order valence-electron chi connectivity index (χ2n) is 15.8. The Morgan fingerprint density at radius 1 is 0.717 bits per heavy atom. The summed E-state index contributed by atoms with van der Waals surface area (Å²) in [6.07, 6.45) is 3.41. The molecule has 3 nitrogen and oxygen atoms in total. The van der Waals surface area contributed by atoms with Crippen molar-refractivity contribution in [3.63, 3.8) is 0 Å². The first-order chi connectivity index (χ1) is 22.0. The molecule has 0 saturated carbocycles. The van der Waals surface area contributed by atoms with Gasteiger partial charge in [-0.15, -0.1) is 0 Å². The molecule has 228 valence electrons. The lowest BCUT2D eigenvalue weighted by Crippen LogP contribution is -2.59. The minimum absolute atomic E-state index is 0.0227. The Kier molecular flexibility index (Phi) is 5.64. The molecule has 2 aliphatic heterocycles. The number of ether oxygens (including phenoxy) is 1. The Hall–Kier alpha value is -4.44. The zero-order chi connectivity index (χ0) is 31.7. The van der Waals surface area contributed by atoms with Gasteiger partial charge in [0.2, 0.25) is 0 Å². The number of rotatable bonds is 1. The molecule has 3 heterocycles. The monoisotopic (exact) mass is 601 g/mol. The lowest BCUT2D eigenvalue weighted by molar-refractivity contribution is 0.486. The van der Waals surface area contributed by atoms with Gasteiger partial charge in [-0.05, 0) is 118 Å². The average Bonchev–Trinajstić information content (AvgIpc) is 3.64. The first-order valence-electron chi connectivity index (χ1n) is 16.8. The number of fused-ring (bicyclic) bond motifs is 10. The number of benzene rings is 5. The minimum atomic E-state index is 0.0227. The molecular formula is C42H40BNO2. The highest BCUT2D eigenvalue weighted by molar-refractivity contribution is 6.99. The molecule has 46 heavy (non-hydrogen) atoms. The Morgan fingerprint density at radius 3 is 2.24 bits per heavy atom. The molecule has 0 unspecified atom stereocenters. The number of aryl methyl sites for hydroxylation is 3. The summed E-state index contributed by atoms with van der Waals surface area (Å²) in [4.78, 5) is 2.50. The van der Waals surface area contributed by atoms with Gasteiger partial charge in [-0.25, -0.2) is 0 Å². The van der Waals surface area contributed by atoms with Gasteiger partial charge in [0.1, 0.15) is 22.7 Å². The number of nitrogens with zero attached hydrogens (tertiary/aromatic N) is 1. The highest BCUT2D eigenvalue weighted by Crippen LogP contribution is 2.48. The molecule has 0 radical (unpaired) electrons. The molecule has 3 aliphatic rings. The number of hydrogen-bond donors (Lipinski definition) is 0. The predicted molar refractivity (Wildman–Crippen MR) is 194 cm³/mol. The third-order valence-corrected chi connectivity index (χ3v) is 10.6. The third-order valence-electron chi connectivity index (χ3n) is 10.6. The van der Waals surface area contributed by atoms with E-state index < -0.39 is 0 Å². The van der Waals surface area contributed by atoms with Gasteiger partial charge in [0.15, 0.2) is 0 Å². The standard InChI is InChI=1S/C42H40BNO2/c1-24-21-33-38-36(22-24)45-34-19-14-27(42(5,6)7)23-32(34)43(38)31-18-20-35-37(30-17-11-25-9-8-10-29(25)40(30)46-35)39(31)44(33)28-15-12-26(13-16-28)41(2,3)4/h11-23H,8-10H2,1-7H3. The van der Waals surface area contributed by atoms with Crippen LogP contribution in [0.15, 0.2) is 83.3 Å². The molecular weight excluding hydrogens is 561 g/mol. The first kappa shape index (κ1) is 27.8. The summed E-state index contributed by atoms with van der Waals surface area (Å²) in [5.74, 6) is 1.90. The molecule has 6 aromatic rings. The fourth-order valence-electron chi connectivity index (χ4n) is 8.20. The molecule has 1 aromatic heterocycles. The lowest BCUT2D eigenvalue weighted by atomic mass is 9.34. The van der Waals surface area contributed by atoms with Gasteiger partial charge < -0.3 is 14.1 Å². The summed E-state index contributed by atoms with van der Waals surface area (Å²) in [5.41, 5.74) is 16.1. The molecule has 0 atom stereocenters. The zero-order valence-corrected chi connectivity index (χ0v) is 28.0. The van der Waals surface area contributed by atoms with Crippen molar-refractivity contribution in [3.05, 3.63) is 107 Å². The van der Waals surface area contributed by atoms with E-state index in [0.29, 0.717) is 0 Å². The summed E-state index contributed by atoms with van der Waals surface area (Å²) in [7, 11) is 0. The van der Waals surface area contributed by atoms with Crippen LogP contribution in [-0.4, -0.2) is 6.71 Å². The first-order valence-corrected chi connectivity index (χ1v) is 16.8. The van der Waals surface area contributed by atoms with Crippen molar-refractivity contribution < 1.29 is 9.15 Å². The molecule has 0 amide bonds. The van der Waals surface area contributed by atoms with Gasteiger partial charge in [0, 0.05) is 16.8 Å². The van der Waals surface area contributed by atoms with Crippen LogP contribution in [0, 0.1) is 6.92 Å². The van der Waals surface area contributed by atoms with E-state index in [0.717, 1.165) is 41.2 Å². The predicted octanol–water partition coefficient (Wildman–Crippen LogP) is 9.38. The van der Waals surface area contributed by atoms with Crippen molar-refractivity contribution in [3.8, 4) is 11.5 Å². The summed E-state index contributed by atoms with van der Waals surface area (Å²) in [6.45, 7) is 15.9. The summed E-state index contributed by atoms with van der Waals surface area (Å²) in [5, 5.41) is 2.42. The Morgan fingerprint density at radius 2 is 1.48 bits per heavy atom. The van der Waals surface area contributed by atoms with Crippen LogP contribution >= 0.6 is 0 Å². The average molecular weight is 602 g/mol. The number of furan rings is 1. The second-order valence-corrected chi connectivity index (χ2v) is 15.8. The molecule has 0 N–H and O–H groups in total. The SMILES string of the molecule is Cc1cc2c3c(c1)N(c1ccc(C(C)(C)C)cc1)c1c(ccc4oc5c6c(ccc5c14)CCC6)B3c1cc(C(C)(C)C)ccc1O2. The summed E-state index contributed by atoms with van der Waals surface area (Å²) < 4.78 is 13.6. The van der Waals surface area contributed by atoms with Crippen LogP contribution in [0.1, 0.15) is 75.8 Å². The van der Waals surface area contributed by atoms with Gasteiger partial charge in [0.25, 0.3) is 6.71 Å². The molecule has 0 spiro atoms. The van der Waals surface area contributed by atoms with E-state index in [2.05, 4.69) is 132 Å². The van der Waals surface area contributed by atoms with Crippen molar-refractivity contribution in [1.29, 1.82) is 0 Å². The maximum Gasteiger partial charge on any atom is 0.256 e. The van der Waals surface area contributed by atoms with E-state index in [1.54, 1.807) is 0 Å². The topological polar surface area (TPSA) is 25.6 Å². The van der Waals surface area contributed by atoms with Gasteiger partial charge in [-0.1, -0.05) is 84.0 Å². The zero-order valence-electron chi connectivity index (χ0n) is 28.0. The number of anilines is 3. The van der Waals surface area contributed by atoms with Gasteiger partial charge >= 0.3 is 0 Å². The van der Waals surface area contributed by atoms with Crippen molar-refractivity contribution in [1.82, 2.24) is 0 Å². The van der Waals surface area contributed by atoms with Crippen molar-refractivity contribution in [2.24, 2.45) is 0 Å². The van der Waals surface area contributed by atoms with E-state index >= 15 is 0 Å². The van der Waals surface area contributed by atoms with Gasteiger partial charge in [0.05, 0.1) is 11.1 Å². The highest BCUT2D eigenvalue weighted by atomic mass is 16.5. The maximum absolute atomic E-state index is 6.81. The van der Waals surface area contributed by atoms with E-state index in [9.17, 15) is 0 Å². The molecule has 5 aromatic carbocycles. The Labute approximate surface area is 272 Å². The molecule has 1 aliphatic carbocycles. The van der Waals surface area contributed by atoms with E-state index in [1.165, 1.54) is 72.8 Å². The minimum Gasteiger partial charge on any atom is -0.458 e. The largest absolute Gasteiger partial charge is 0.458 e. The smallest absolute Gasteiger partial charge is 0.256 e. The summed E-state index contributed by atoms with van der Waals surface area (Å²) >= 11 is 0. The van der Waals surface area contributed by atoms with Crippen LogP contribution < -0.4 is 26.0 Å². The Balaban J connectivity index is 1.40. The molecule has 0 bridgehead atoms. The van der Waals surface area contributed by atoms with Gasteiger partial charge in [-0.2, -0.15) is 0 Å². The van der Waals surface area contributed by atoms with Crippen LogP contribution in [0.25, 0.3) is 21.9 Å². The quantitative estimate of drug-likeness (QED) is 0.175. The maximum atomic E-state index is 6.81. The van der Waals surface area contributed by atoms with Crippen LogP contribution in [0.5, 0.6) is 11.5 Å². The Bertz CT molecular complexity index is 2240. The van der Waals surface area contributed by atoms with Crippen LogP contribution in [0.2, 0.25) is 0 Å². The highest BCUT2D eigenvalue weighted by Gasteiger charge is 2.43. The molecule has 9 rings (SSSR count). The van der Waals surface area contributed by atoms with E-state index in [1.807, 2.05) is 0 Å². The van der Waals surface area contributed by atoms with E-state index in [4.69, 9.17) is 9.15 Å². The van der Waals surface area contributed by atoms with Crippen molar-refractivity contribution in [2.75, 3.05) is 4.90 Å². The van der Waals surface area contributed by atoms with Crippen LogP contribution in [-0.2, 0) is 23.7 Å². The van der Waals surface area contributed by atoms with Crippen molar-refractivity contribution in [2.45, 2.75) is 78.6 Å². The normalized spacial score (nSPS) is 15.1.